The third-order valence-electron chi connectivity index (χ3n) is 5.25. The molecule has 0 atom stereocenters. The molecule has 0 aliphatic carbocycles. The maximum Gasteiger partial charge on any atom is 0.261 e. The van der Waals surface area contributed by atoms with E-state index in [0.29, 0.717) is 23.2 Å². The van der Waals surface area contributed by atoms with Crippen LogP contribution >= 0.6 is 0 Å². The van der Waals surface area contributed by atoms with E-state index in [1.165, 1.54) is 4.90 Å². The van der Waals surface area contributed by atoms with E-state index in [4.69, 9.17) is 0 Å². The largest absolute Gasteiger partial charge is 0.352 e. The minimum atomic E-state index is -0.306. The summed E-state index contributed by atoms with van der Waals surface area (Å²) in [5.41, 5.74) is 4.26. The number of nitrogens with zero attached hydrogens (tertiary/aromatic N) is 2. The molecule has 0 saturated heterocycles. The number of aryl methyl sites for hydroxylation is 2. The summed E-state index contributed by atoms with van der Waals surface area (Å²) >= 11 is 0. The van der Waals surface area contributed by atoms with Crippen LogP contribution in [0.5, 0.6) is 0 Å². The highest BCUT2D eigenvalue weighted by molar-refractivity contribution is 6.21. The van der Waals surface area contributed by atoms with E-state index < -0.39 is 0 Å². The van der Waals surface area contributed by atoms with Crippen LogP contribution in [0.3, 0.4) is 0 Å². The molecule has 1 aliphatic rings. The van der Waals surface area contributed by atoms with E-state index >= 15 is 0 Å². The van der Waals surface area contributed by atoms with Crippen molar-refractivity contribution in [3.63, 3.8) is 0 Å². The van der Waals surface area contributed by atoms with Crippen molar-refractivity contribution in [1.29, 1.82) is 0 Å². The highest BCUT2D eigenvalue weighted by atomic mass is 16.2. The Morgan fingerprint density at radius 1 is 1.07 bits per heavy atom. The molecular weight excluding hydrogens is 380 g/mol. The third-order valence-corrected chi connectivity index (χ3v) is 5.25. The van der Waals surface area contributed by atoms with Gasteiger partial charge >= 0.3 is 0 Å². The zero-order chi connectivity index (χ0) is 21.1. The van der Waals surface area contributed by atoms with Crippen molar-refractivity contribution in [3.05, 3.63) is 88.2 Å². The summed E-state index contributed by atoms with van der Waals surface area (Å²) in [6, 6.07) is 13.8. The fourth-order valence-electron chi connectivity index (χ4n) is 3.59. The number of hydrogen-bond acceptors (Lipinski definition) is 4. The van der Waals surface area contributed by atoms with Crippen molar-refractivity contribution >= 4 is 17.7 Å². The molecule has 0 fully saturated rings. The summed E-state index contributed by atoms with van der Waals surface area (Å²) in [6.07, 6.45) is 3.45. The standard InChI is InChI=1S/C23H22N4O3/c1-15-18(13-25-26-15)8-5-11-24-21(28)17-7-4-6-16(12-17)14-27-22(29)19-9-2-3-10-20(19)23(27)30/h2-4,6-7,9-10,12-13H,5,8,11,14H2,1H3,(H,24,28)(H,25,26). The van der Waals surface area contributed by atoms with Gasteiger partial charge in [0.2, 0.25) is 0 Å². The molecule has 30 heavy (non-hydrogen) atoms. The molecule has 3 aromatic rings. The Labute approximate surface area is 174 Å². The average Bonchev–Trinajstić information content (AvgIpc) is 3.28. The van der Waals surface area contributed by atoms with E-state index in [1.54, 1.807) is 48.7 Å². The zero-order valence-corrected chi connectivity index (χ0v) is 16.6. The van der Waals surface area contributed by atoms with Gasteiger partial charge in [0.25, 0.3) is 17.7 Å². The monoisotopic (exact) mass is 402 g/mol. The number of imide groups is 1. The number of rotatable bonds is 7. The van der Waals surface area contributed by atoms with Gasteiger partial charge in [-0.3, -0.25) is 24.4 Å². The summed E-state index contributed by atoms with van der Waals surface area (Å²) in [5, 5.41) is 9.81. The predicted octanol–water partition coefficient (Wildman–Crippen LogP) is 2.88. The molecule has 2 N–H and O–H groups in total. The van der Waals surface area contributed by atoms with Crippen molar-refractivity contribution in [2.24, 2.45) is 0 Å². The second kappa shape index (κ2) is 8.32. The smallest absolute Gasteiger partial charge is 0.261 e. The summed E-state index contributed by atoms with van der Waals surface area (Å²) in [6.45, 7) is 2.65. The summed E-state index contributed by atoms with van der Waals surface area (Å²) in [4.78, 5) is 38.8. The van der Waals surface area contributed by atoms with Gasteiger partial charge in [-0.25, -0.2) is 0 Å². The molecule has 1 aromatic heterocycles. The van der Waals surface area contributed by atoms with Crippen LogP contribution in [0, 0.1) is 6.92 Å². The second-order valence-electron chi connectivity index (χ2n) is 7.32. The molecule has 1 aliphatic heterocycles. The van der Waals surface area contributed by atoms with Crippen LogP contribution in [0.4, 0.5) is 0 Å². The highest BCUT2D eigenvalue weighted by Gasteiger charge is 2.34. The van der Waals surface area contributed by atoms with Gasteiger partial charge in [0.05, 0.1) is 23.9 Å². The van der Waals surface area contributed by atoms with Gasteiger partial charge in [0.15, 0.2) is 0 Å². The molecule has 7 heteroatoms. The van der Waals surface area contributed by atoms with E-state index in [1.807, 2.05) is 13.0 Å². The number of nitrogens with one attached hydrogen (secondary N) is 2. The number of aromatic nitrogens is 2. The first-order valence-corrected chi connectivity index (χ1v) is 9.86. The topological polar surface area (TPSA) is 95.2 Å². The van der Waals surface area contributed by atoms with E-state index in [0.717, 1.165) is 29.7 Å². The number of hydrogen-bond donors (Lipinski definition) is 2. The Balaban J connectivity index is 1.36. The number of aromatic amines is 1. The molecule has 4 rings (SSSR count). The lowest BCUT2D eigenvalue weighted by molar-refractivity contribution is 0.0642. The molecule has 2 heterocycles. The van der Waals surface area contributed by atoms with E-state index in [-0.39, 0.29) is 24.3 Å². The van der Waals surface area contributed by atoms with Crippen LogP contribution in [0.25, 0.3) is 0 Å². The lowest BCUT2D eigenvalue weighted by Gasteiger charge is -2.14. The van der Waals surface area contributed by atoms with Crippen LogP contribution in [0.1, 0.15) is 54.3 Å². The molecule has 0 spiro atoms. The SMILES string of the molecule is Cc1[nH]ncc1CCCNC(=O)c1cccc(CN2C(=O)c3ccccc3C2=O)c1. The van der Waals surface area contributed by atoms with Gasteiger partial charge in [-0.15, -0.1) is 0 Å². The fraction of sp³-hybridized carbons (Fsp3) is 0.217. The van der Waals surface area contributed by atoms with Crippen LogP contribution in [0.2, 0.25) is 0 Å². The Morgan fingerprint density at radius 3 is 2.47 bits per heavy atom. The number of H-pyrrole nitrogens is 1. The third kappa shape index (κ3) is 3.87. The molecular formula is C23H22N4O3. The average molecular weight is 402 g/mol. The van der Waals surface area contributed by atoms with Crippen LogP contribution in [-0.4, -0.2) is 39.4 Å². The summed E-state index contributed by atoms with van der Waals surface area (Å²) in [7, 11) is 0. The van der Waals surface area contributed by atoms with Crippen molar-refractivity contribution in [2.75, 3.05) is 6.54 Å². The molecule has 0 radical (unpaired) electrons. The van der Waals surface area contributed by atoms with Gasteiger partial charge in [0.1, 0.15) is 0 Å². The summed E-state index contributed by atoms with van der Waals surface area (Å²) < 4.78 is 0. The normalized spacial score (nSPS) is 12.9. The van der Waals surface area contributed by atoms with E-state index in [2.05, 4.69) is 15.5 Å². The Bertz CT molecular complexity index is 1080. The van der Waals surface area contributed by atoms with Gasteiger partial charge in [0, 0.05) is 17.8 Å². The molecule has 152 valence electrons. The Kier molecular flexibility index (Phi) is 5.43. The predicted molar refractivity (Wildman–Crippen MR) is 111 cm³/mol. The maximum absolute atomic E-state index is 12.5. The highest BCUT2D eigenvalue weighted by Crippen LogP contribution is 2.24. The molecule has 2 aromatic carbocycles. The minimum Gasteiger partial charge on any atom is -0.352 e. The Hall–Kier alpha value is -3.74. The van der Waals surface area contributed by atoms with Crippen LogP contribution in [0.15, 0.2) is 54.7 Å². The quantitative estimate of drug-likeness (QED) is 0.469. The van der Waals surface area contributed by atoms with Gasteiger partial charge < -0.3 is 5.32 Å². The lowest BCUT2D eigenvalue weighted by atomic mass is 10.1. The minimum absolute atomic E-state index is 0.132. The first kappa shape index (κ1) is 19.6. The first-order chi connectivity index (χ1) is 14.5. The Morgan fingerprint density at radius 2 is 1.80 bits per heavy atom. The first-order valence-electron chi connectivity index (χ1n) is 9.86. The summed E-state index contributed by atoms with van der Waals surface area (Å²) in [5.74, 6) is -0.789. The van der Waals surface area contributed by atoms with Gasteiger partial charge in [-0.1, -0.05) is 24.3 Å². The molecule has 7 nitrogen and oxygen atoms in total. The zero-order valence-electron chi connectivity index (χ0n) is 16.6. The molecule has 0 saturated carbocycles. The van der Waals surface area contributed by atoms with Crippen molar-refractivity contribution in [2.45, 2.75) is 26.3 Å². The lowest BCUT2D eigenvalue weighted by Crippen LogP contribution is -2.29. The van der Waals surface area contributed by atoms with Crippen molar-refractivity contribution in [3.8, 4) is 0 Å². The number of carbonyl (C=O) groups is 3. The maximum atomic E-state index is 12.5. The molecule has 0 bridgehead atoms. The number of benzene rings is 2. The van der Waals surface area contributed by atoms with Gasteiger partial charge in [-0.2, -0.15) is 5.10 Å². The number of amides is 3. The fourth-order valence-corrected chi connectivity index (χ4v) is 3.59. The molecule has 3 amide bonds. The van der Waals surface area contributed by atoms with Crippen molar-refractivity contribution in [1.82, 2.24) is 20.4 Å². The van der Waals surface area contributed by atoms with Crippen LogP contribution in [-0.2, 0) is 13.0 Å². The van der Waals surface area contributed by atoms with Crippen LogP contribution < -0.4 is 5.32 Å². The number of carbonyl (C=O) groups excluding carboxylic acids is 3. The number of fused-ring (bicyclic) bond motifs is 1. The van der Waals surface area contributed by atoms with Crippen molar-refractivity contribution < 1.29 is 14.4 Å². The molecule has 0 unspecified atom stereocenters. The van der Waals surface area contributed by atoms with E-state index in [9.17, 15) is 14.4 Å². The van der Waals surface area contributed by atoms with Gasteiger partial charge in [-0.05, 0) is 55.2 Å². The second-order valence-corrected chi connectivity index (χ2v) is 7.32.